The molecule has 3 heterocycles. The van der Waals surface area contributed by atoms with E-state index in [4.69, 9.17) is 5.11 Å². The minimum Gasteiger partial charge on any atom is -0.493 e. The number of carbonyl (C=O) groups is 1. The fourth-order valence-electron chi connectivity index (χ4n) is 2.61. The number of aromatic hydroxyl groups is 1. The molecule has 0 saturated carbocycles. The molecule has 3 aromatic heterocycles. The number of carboxylic acids is 1. The van der Waals surface area contributed by atoms with Crippen molar-refractivity contribution < 1.29 is 19.4 Å². The Bertz CT molecular complexity index is 1130. The first kappa shape index (κ1) is 19.7. The highest BCUT2D eigenvalue weighted by Gasteiger charge is 2.15. The fourth-order valence-corrected chi connectivity index (χ4v) is 3.57. The number of rotatable bonds is 6. The summed E-state index contributed by atoms with van der Waals surface area (Å²) in [5.41, 5.74) is 0.870. The van der Waals surface area contributed by atoms with Gasteiger partial charge in [-0.05, 0) is 36.1 Å². The van der Waals surface area contributed by atoms with Gasteiger partial charge in [0.2, 0.25) is 11.7 Å². The molecule has 0 saturated heterocycles. The summed E-state index contributed by atoms with van der Waals surface area (Å²) >= 11 is 1.60. The first-order valence-corrected chi connectivity index (χ1v) is 9.43. The Morgan fingerprint density at radius 2 is 2.11 bits per heavy atom. The third-order valence-electron chi connectivity index (χ3n) is 4.17. The van der Waals surface area contributed by atoms with Crippen LogP contribution in [0.4, 0.5) is 4.39 Å². The molecule has 7 nitrogen and oxygen atoms in total. The lowest BCUT2D eigenvalue weighted by Gasteiger charge is -2.06. The molecule has 0 fully saturated rings. The molecular weight excluding hydrogens is 385 g/mol. The van der Waals surface area contributed by atoms with E-state index in [1.165, 1.54) is 6.20 Å². The maximum absolute atomic E-state index is 13.3. The molecule has 3 rings (SSSR count). The molecule has 0 aliphatic heterocycles. The summed E-state index contributed by atoms with van der Waals surface area (Å²) in [7, 11) is 0. The molecule has 0 radical (unpaired) electrons. The second kappa shape index (κ2) is 7.89. The Hall–Kier alpha value is -3.07. The van der Waals surface area contributed by atoms with Crippen LogP contribution in [-0.4, -0.2) is 30.6 Å². The zero-order valence-electron chi connectivity index (χ0n) is 15.2. The third-order valence-corrected chi connectivity index (χ3v) is 5.10. The molecule has 0 unspecified atom stereocenters. The lowest BCUT2D eigenvalue weighted by Crippen LogP contribution is -2.18. The van der Waals surface area contributed by atoms with E-state index in [-0.39, 0.29) is 5.65 Å². The van der Waals surface area contributed by atoms with Crippen molar-refractivity contribution in [3.63, 3.8) is 0 Å². The highest BCUT2D eigenvalue weighted by Crippen LogP contribution is 2.20. The van der Waals surface area contributed by atoms with Crippen molar-refractivity contribution >= 4 is 29.0 Å². The van der Waals surface area contributed by atoms with E-state index in [1.54, 1.807) is 23.5 Å². The summed E-state index contributed by atoms with van der Waals surface area (Å²) in [6, 6.07) is 3.38. The number of aryl methyl sites for hydroxylation is 2. The molecular formula is C19H18FN3O4S. The summed E-state index contributed by atoms with van der Waals surface area (Å²) in [4.78, 5) is 31.5. The maximum Gasteiger partial charge on any atom is 0.364 e. The maximum atomic E-state index is 13.3. The van der Waals surface area contributed by atoms with E-state index >= 15 is 0 Å². The SMILES string of the molecule is CC(C)c1csc(CCc2ccn3c(=O)c(C=C(F)C(=O)O)c(O)nc3c2)n1. The van der Waals surface area contributed by atoms with Crippen LogP contribution in [0.2, 0.25) is 0 Å². The molecule has 28 heavy (non-hydrogen) atoms. The molecule has 0 spiro atoms. The van der Waals surface area contributed by atoms with Gasteiger partial charge in [-0.15, -0.1) is 11.3 Å². The minimum atomic E-state index is -1.83. The molecule has 0 aliphatic rings. The van der Waals surface area contributed by atoms with Gasteiger partial charge in [0.25, 0.3) is 5.56 Å². The molecule has 9 heteroatoms. The summed E-state index contributed by atoms with van der Waals surface area (Å²) in [5, 5.41) is 21.6. The number of halogens is 1. The van der Waals surface area contributed by atoms with Crippen LogP contribution in [-0.2, 0) is 17.6 Å². The van der Waals surface area contributed by atoms with Gasteiger partial charge in [-0.1, -0.05) is 13.8 Å². The van der Waals surface area contributed by atoms with Crippen LogP contribution in [0, 0.1) is 0 Å². The van der Waals surface area contributed by atoms with Crippen molar-refractivity contribution in [1.82, 2.24) is 14.4 Å². The molecule has 0 aromatic carbocycles. The van der Waals surface area contributed by atoms with Gasteiger partial charge < -0.3 is 10.2 Å². The van der Waals surface area contributed by atoms with Crippen LogP contribution in [0.1, 0.15) is 41.6 Å². The van der Waals surface area contributed by atoms with Crippen LogP contribution in [0.15, 0.2) is 34.3 Å². The van der Waals surface area contributed by atoms with E-state index < -0.39 is 28.8 Å². The normalized spacial score (nSPS) is 12.1. The number of thiazole rings is 1. The van der Waals surface area contributed by atoms with Crippen LogP contribution >= 0.6 is 11.3 Å². The van der Waals surface area contributed by atoms with Gasteiger partial charge in [-0.2, -0.15) is 9.37 Å². The topological polar surface area (TPSA) is 105 Å². The van der Waals surface area contributed by atoms with E-state index in [9.17, 15) is 19.1 Å². The second-order valence-electron chi connectivity index (χ2n) is 6.54. The average Bonchev–Trinajstić information content (AvgIpc) is 3.12. The highest BCUT2D eigenvalue weighted by atomic mass is 32.1. The van der Waals surface area contributed by atoms with Gasteiger partial charge >= 0.3 is 5.97 Å². The molecule has 2 N–H and O–H groups in total. The monoisotopic (exact) mass is 403 g/mol. The Morgan fingerprint density at radius 3 is 2.75 bits per heavy atom. The van der Waals surface area contributed by atoms with Crippen molar-refractivity contribution in [2.45, 2.75) is 32.6 Å². The van der Waals surface area contributed by atoms with Gasteiger partial charge in [0.05, 0.1) is 10.7 Å². The second-order valence-corrected chi connectivity index (χ2v) is 7.48. The molecule has 0 aliphatic carbocycles. The van der Waals surface area contributed by atoms with Gasteiger partial charge in [-0.25, -0.2) is 9.78 Å². The largest absolute Gasteiger partial charge is 0.493 e. The zero-order chi connectivity index (χ0) is 20.4. The summed E-state index contributed by atoms with van der Waals surface area (Å²) < 4.78 is 14.4. The average molecular weight is 403 g/mol. The molecule has 0 bridgehead atoms. The van der Waals surface area contributed by atoms with Crippen LogP contribution in [0.25, 0.3) is 11.7 Å². The predicted molar refractivity (Wildman–Crippen MR) is 103 cm³/mol. The third kappa shape index (κ3) is 4.09. The van der Waals surface area contributed by atoms with Crippen LogP contribution in [0.3, 0.4) is 0 Å². The lowest BCUT2D eigenvalue weighted by molar-refractivity contribution is -0.134. The van der Waals surface area contributed by atoms with Gasteiger partial charge in [-0.3, -0.25) is 9.20 Å². The van der Waals surface area contributed by atoms with E-state index in [2.05, 4.69) is 23.8 Å². The van der Waals surface area contributed by atoms with Crippen molar-refractivity contribution in [2.75, 3.05) is 0 Å². The molecule has 0 atom stereocenters. The number of pyridine rings is 1. The number of carboxylic acid groups (broad SMARTS) is 1. The van der Waals surface area contributed by atoms with Crippen molar-refractivity contribution in [3.05, 3.63) is 61.7 Å². The number of aromatic nitrogens is 3. The number of nitrogens with zero attached hydrogens (tertiary/aromatic N) is 3. The van der Waals surface area contributed by atoms with Crippen molar-refractivity contribution in [3.8, 4) is 5.88 Å². The van der Waals surface area contributed by atoms with Crippen molar-refractivity contribution in [1.29, 1.82) is 0 Å². The number of hydrogen-bond donors (Lipinski definition) is 2. The number of aliphatic carboxylic acids is 1. The zero-order valence-corrected chi connectivity index (χ0v) is 16.0. The van der Waals surface area contributed by atoms with Gasteiger partial charge in [0.1, 0.15) is 11.2 Å². The number of hydrogen-bond acceptors (Lipinski definition) is 6. The van der Waals surface area contributed by atoms with Crippen LogP contribution in [0.5, 0.6) is 5.88 Å². The fraction of sp³-hybridized carbons (Fsp3) is 0.263. The summed E-state index contributed by atoms with van der Waals surface area (Å²) in [6.07, 6.45) is 3.33. The summed E-state index contributed by atoms with van der Waals surface area (Å²) in [5.74, 6) is -3.74. The van der Waals surface area contributed by atoms with E-state index in [0.29, 0.717) is 18.4 Å². The molecule has 146 valence electrons. The van der Waals surface area contributed by atoms with Gasteiger partial charge in [0.15, 0.2) is 0 Å². The quantitative estimate of drug-likeness (QED) is 0.613. The number of fused-ring (bicyclic) bond motifs is 1. The Morgan fingerprint density at radius 1 is 1.36 bits per heavy atom. The minimum absolute atomic E-state index is 0.190. The van der Waals surface area contributed by atoms with Crippen molar-refractivity contribution in [2.24, 2.45) is 0 Å². The van der Waals surface area contributed by atoms with Crippen LogP contribution < -0.4 is 5.56 Å². The lowest BCUT2D eigenvalue weighted by atomic mass is 10.1. The molecule has 0 amide bonds. The first-order chi connectivity index (χ1) is 13.3. The molecule has 3 aromatic rings. The Labute approximate surface area is 163 Å². The smallest absolute Gasteiger partial charge is 0.364 e. The Kier molecular flexibility index (Phi) is 5.55. The van der Waals surface area contributed by atoms with Gasteiger partial charge in [0, 0.05) is 18.0 Å². The first-order valence-electron chi connectivity index (χ1n) is 8.55. The highest BCUT2D eigenvalue weighted by molar-refractivity contribution is 7.09. The standard InChI is InChI=1S/C19H18FN3O4S/c1-10(2)14-9-28-16(21-14)4-3-11-5-6-23-15(7-11)22-17(24)12(18(23)25)8-13(20)19(26)27/h5-10,24H,3-4H2,1-2H3,(H,26,27). The Balaban J connectivity index is 1.88. The predicted octanol–water partition coefficient (Wildman–Crippen LogP) is 3.16. The summed E-state index contributed by atoms with van der Waals surface area (Å²) in [6.45, 7) is 4.17. The van der Waals surface area contributed by atoms with E-state index in [1.807, 2.05) is 5.38 Å². The van der Waals surface area contributed by atoms with E-state index in [0.717, 1.165) is 27.1 Å².